The van der Waals surface area contributed by atoms with Gasteiger partial charge in [-0.05, 0) is 55.5 Å². The highest BCUT2D eigenvalue weighted by Gasteiger charge is 2.14. The summed E-state index contributed by atoms with van der Waals surface area (Å²) >= 11 is 1.47. The van der Waals surface area contributed by atoms with Crippen LogP contribution in [0.3, 0.4) is 0 Å². The van der Waals surface area contributed by atoms with E-state index in [0.29, 0.717) is 13.0 Å². The Labute approximate surface area is 125 Å². The summed E-state index contributed by atoms with van der Waals surface area (Å²) in [5, 5.41) is 11.5. The Morgan fingerprint density at radius 1 is 1.40 bits per heavy atom. The molecule has 0 spiro atoms. The number of amides is 2. The highest BCUT2D eigenvalue weighted by Crippen LogP contribution is 2.18. The van der Waals surface area contributed by atoms with E-state index in [1.807, 2.05) is 32.0 Å². The normalized spacial score (nSPS) is 9.90. The molecule has 0 atom stereocenters. The summed E-state index contributed by atoms with van der Waals surface area (Å²) in [6.07, 6.45) is 1.34. The molecule has 0 unspecified atom stereocenters. The highest BCUT2D eigenvalue weighted by molar-refractivity contribution is 7.97. The first-order valence-electron chi connectivity index (χ1n) is 6.74. The molecule has 20 heavy (non-hydrogen) atoms. The van der Waals surface area contributed by atoms with Crippen LogP contribution >= 0.6 is 11.9 Å². The number of nitriles is 1. The molecule has 0 aliphatic heterocycles. The van der Waals surface area contributed by atoms with Crippen LogP contribution in [0.15, 0.2) is 18.2 Å². The first-order chi connectivity index (χ1) is 9.58. The molecule has 1 aromatic rings. The molecule has 108 valence electrons. The second-order valence-corrected chi connectivity index (χ2v) is 5.68. The largest absolute Gasteiger partial charge is 0.331 e. The fourth-order valence-corrected chi connectivity index (χ4v) is 2.37. The summed E-state index contributed by atoms with van der Waals surface area (Å²) in [5.74, 6) is 0.867. The summed E-state index contributed by atoms with van der Waals surface area (Å²) in [5.41, 5.74) is 3.13. The molecule has 0 saturated heterocycles. The van der Waals surface area contributed by atoms with Crippen molar-refractivity contribution in [2.24, 2.45) is 0 Å². The molecular formula is C15H21N3OS. The van der Waals surface area contributed by atoms with Gasteiger partial charge in [0.05, 0.1) is 12.5 Å². The second-order valence-electron chi connectivity index (χ2n) is 4.57. The maximum absolute atomic E-state index is 12.2. The topological polar surface area (TPSA) is 56.1 Å². The Morgan fingerprint density at radius 2 is 2.15 bits per heavy atom. The van der Waals surface area contributed by atoms with Crippen molar-refractivity contribution in [1.29, 1.82) is 5.26 Å². The number of nitrogens with one attached hydrogen (secondary N) is 1. The zero-order valence-corrected chi connectivity index (χ0v) is 13.1. The predicted octanol–water partition coefficient (Wildman–Crippen LogP) is 4.11. The molecule has 0 heterocycles. The minimum atomic E-state index is -0.165. The van der Waals surface area contributed by atoms with Crippen molar-refractivity contribution in [1.82, 2.24) is 4.31 Å². The number of carbonyl (C=O) groups is 1. The molecule has 0 aliphatic rings. The van der Waals surface area contributed by atoms with Gasteiger partial charge in [-0.1, -0.05) is 13.0 Å². The van der Waals surface area contributed by atoms with Crippen LogP contribution in [0.25, 0.3) is 0 Å². The summed E-state index contributed by atoms with van der Waals surface area (Å²) in [4.78, 5) is 12.2. The van der Waals surface area contributed by atoms with E-state index >= 15 is 0 Å². The number of anilines is 1. The first-order valence-corrected chi connectivity index (χ1v) is 7.68. The average molecular weight is 291 g/mol. The molecule has 0 aromatic heterocycles. The number of benzene rings is 1. The van der Waals surface area contributed by atoms with E-state index in [-0.39, 0.29) is 6.03 Å². The van der Waals surface area contributed by atoms with E-state index in [4.69, 9.17) is 5.26 Å². The van der Waals surface area contributed by atoms with Crippen LogP contribution in [0.1, 0.15) is 30.9 Å². The van der Waals surface area contributed by atoms with E-state index in [9.17, 15) is 4.79 Å². The molecule has 0 saturated carbocycles. The van der Waals surface area contributed by atoms with Crippen molar-refractivity contribution >= 4 is 23.7 Å². The SMILES string of the molecule is CCCSN(CCC#N)C(=O)Nc1ccc(C)c(C)c1. The van der Waals surface area contributed by atoms with Crippen molar-refractivity contribution in [3.05, 3.63) is 29.3 Å². The zero-order chi connectivity index (χ0) is 15.0. The molecule has 1 rings (SSSR count). The van der Waals surface area contributed by atoms with E-state index in [1.54, 1.807) is 4.31 Å². The number of urea groups is 1. The zero-order valence-electron chi connectivity index (χ0n) is 12.3. The van der Waals surface area contributed by atoms with Gasteiger partial charge in [0.25, 0.3) is 0 Å². The van der Waals surface area contributed by atoms with E-state index in [2.05, 4.69) is 18.3 Å². The van der Waals surface area contributed by atoms with E-state index in [1.165, 1.54) is 17.5 Å². The molecule has 0 aliphatic carbocycles. The van der Waals surface area contributed by atoms with Crippen molar-refractivity contribution in [3.63, 3.8) is 0 Å². The van der Waals surface area contributed by atoms with Crippen LogP contribution in [0.4, 0.5) is 10.5 Å². The minimum Gasteiger partial charge on any atom is -0.307 e. The average Bonchev–Trinajstić information content (AvgIpc) is 2.43. The lowest BCUT2D eigenvalue weighted by Gasteiger charge is -2.20. The standard InChI is InChI=1S/C15H21N3OS/c1-4-10-20-18(9-5-8-16)15(19)17-14-7-6-12(2)13(3)11-14/h6-7,11H,4-5,9-10H2,1-3H3,(H,17,19). The van der Waals surface area contributed by atoms with Gasteiger partial charge in [0.1, 0.15) is 0 Å². The van der Waals surface area contributed by atoms with Gasteiger partial charge in [-0.15, -0.1) is 0 Å². The number of nitrogens with zero attached hydrogens (tertiary/aromatic N) is 2. The molecule has 1 N–H and O–H groups in total. The van der Waals surface area contributed by atoms with E-state index in [0.717, 1.165) is 23.4 Å². The number of hydrogen-bond donors (Lipinski definition) is 1. The van der Waals surface area contributed by atoms with Gasteiger partial charge >= 0.3 is 6.03 Å². The Bertz CT molecular complexity index is 496. The third-order valence-corrected chi connectivity index (χ3v) is 4.11. The van der Waals surface area contributed by atoms with Crippen molar-refractivity contribution in [2.45, 2.75) is 33.6 Å². The maximum atomic E-state index is 12.2. The summed E-state index contributed by atoms with van der Waals surface area (Å²) in [6, 6.07) is 7.75. The second kappa shape index (κ2) is 8.49. The maximum Gasteiger partial charge on any atom is 0.331 e. The molecule has 2 amide bonds. The number of carbonyl (C=O) groups excluding carboxylic acids is 1. The molecule has 1 aromatic carbocycles. The summed E-state index contributed by atoms with van der Waals surface area (Å²) in [7, 11) is 0. The van der Waals surface area contributed by atoms with Crippen molar-refractivity contribution in [2.75, 3.05) is 17.6 Å². The van der Waals surface area contributed by atoms with Crippen LogP contribution in [0.2, 0.25) is 0 Å². The fraction of sp³-hybridized carbons (Fsp3) is 0.467. The van der Waals surface area contributed by atoms with Gasteiger partial charge in [-0.25, -0.2) is 4.79 Å². The lowest BCUT2D eigenvalue weighted by molar-refractivity contribution is 0.239. The Kier molecular flexibility index (Phi) is 6.96. The van der Waals surface area contributed by atoms with Gasteiger partial charge in [0.2, 0.25) is 0 Å². The minimum absolute atomic E-state index is 0.165. The third-order valence-electron chi connectivity index (χ3n) is 2.86. The Balaban J connectivity index is 2.68. The van der Waals surface area contributed by atoms with Crippen LogP contribution < -0.4 is 5.32 Å². The fourth-order valence-electron chi connectivity index (χ4n) is 1.58. The number of hydrogen-bond acceptors (Lipinski definition) is 3. The predicted molar refractivity (Wildman–Crippen MR) is 84.6 cm³/mol. The monoisotopic (exact) mass is 291 g/mol. The number of aryl methyl sites for hydroxylation is 2. The Morgan fingerprint density at radius 3 is 2.75 bits per heavy atom. The lowest BCUT2D eigenvalue weighted by atomic mass is 10.1. The van der Waals surface area contributed by atoms with Gasteiger partial charge < -0.3 is 5.32 Å². The van der Waals surface area contributed by atoms with Gasteiger partial charge in [0.15, 0.2) is 0 Å². The highest BCUT2D eigenvalue weighted by atomic mass is 32.2. The first kappa shape index (κ1) is 16.4. The van der Waals surface area contributed by atoms with E-state index < -0.39 is 0 Å². The molecule has 0 bridgehead atoms. The van der Waals surface area contributed by atoms with Crippen LogP contribution in [-0.2, 0) is 0 Å². The lowest BCUT2D eigenvalue weighted by Crippen LogP contribution is -2.30. The number of rotatable bonds is 6. The summed E-state index contributed by atoms with van der Waals surface area (Å²) < 4.78 is 1.63. The molecule has 5 heteroatoms. The van der Waals surface area contributed by atoms with Gasteiger partial charge in [-0.2, -0.15) is 5.26 Å². The van der Waals surface area contributed by atoms with Crippen LogP contribution in [-0.4, -0.2) is 22.6 Å². The molecule has 0 fully saturated rings. The van der Waals surface area contributed by atoms with Crippen molar-refractivity contribution < 1.29 is 4.79 Å². The summed E-state index contributed by atoms with van der Waals surface area (Å²) in [6.45, 7) is 6.57. The molecular weight excluding hydrogens is 270 g/mol. The molecule has 0 radical (unpaired) electrons. The molecule has 4 nitrogen and oxygen atoms in total. The Hall–Kier alpha value is -1.67. The van der Waals surface area contributed by atoms with Crippen molar-refractivity contribution in [3.8, 4) is 6.07 Å². The van der Waals surface area contributed by atoms with Gasteiger partial charge in [-0.3, -0.25) is 4.31 Å². The smallest absolute Gasteiger partial charge is 0.307 e. The van der Waals surface area contributed by atoms with Gasteiger partial charge in [0, 0.05) is 18.0 Å². The third kappa shape index (κ3) is 5.14. The van der Waals surface area contributed by atoms with Crippen LogP contribution in [0.5, 0.6) is 0 Å². The van der Waals surface area contributed by atoms with Crippen LogP contribution in [0, 0.1) is 25.2 Å². The quantitative estimate of drug-likeness (QED) is 0.802.